The number of nitrogens with zero attached hydrogens (tertiary/aromatic N) is 2. The van der Waals surface area contributed by atoms with Crippen molar-refractivity contribution in [2.45, 2.75) is 64.4 Å². The molecule has 1 aromatic heterocycles. The molecule has 8 heteroatoms. The molecule has 1 saturated carbocycles. The van der Waals surface area contributed by atoms with E-state index in [2.05, 4.69) is 11.1 Å². The summed E-state index contributed by atoms with van der Waals surface area (Å²) in [5, 5.41) is 22.2. The molecule has 0 radical (unpaired) electrons. The lowest BCUT2D eigenvalue weighted by Crippen LogP contribution is -2.33. The molecule has 32 heavy (non-hydrogen) atoms. The minimum absolute atomic E-state index is 0.00947. The first-order valence-electron chi connectivity index (χ1n) is 11.0. The molecule has 1 aliphatic heterocycles. The molecule has 170 valence electrons. The van der Waals surface area contributed by atoms with Crippen molar-refractivity contribution < 1.29 is 24.1 Å². The van der Waals surface area contributed by atoms with Crippen LogP contribution in [0.3, 0.4) is 0 Å². The first-order valence-corrected chi connectivity index (χ1v) is 11.9. The number of thiazole rings is 1. The van der Waals surface area contributed by atoms with E-state index in [4.69, 9.17) is 19.5 Å². The van der Waals surface area contributed by atoms with Crippen molar-refractivity contribution in [3.05, 3.63) is 45.4 Å². The predicted molar refractivity (Wildman–Crippen MR) is 119 cm³/mol. The summed E-state index contributed by atoms with van der Waals surface area (Å²) in [5.41, 5.74) is 1.83. The minimum atomic E-state index is -0.490. The van der Waals surface area contributed by atoms with Gasteiger partial charge in [0.05, 0.1) is 36.6 Å². The molecule has 0 unspecified atom stereocenters. The van der Waals surface area contributed by atoms with Crippen molar-refractivity contribution in [2.24, 2.45) is 11.8 Å². The van der Waals surface area contributed by atoms with Crippen LogP contribution in [0.5, 0.6) is 5.75 Å². The zero-order valence-electron chi connectivity index (χ0n) is 18.5. The van der Waals surface area contributed by atoms with Crippen LogP contribution >= 0.6 is 11.3 Å². The number of hydrogen-bond donors (Lipinski definition) is 1. The Balaban J connectivity index is 1.36. The highest BCUT2D eigenvalue weighted by atomic mass is 32.1. The highest BCUT2D eigenvalue weighted by Crippen LogP contribution is 2.46. The number of carbonyl (C=O) groups is 1. The Morgan fingerprint density at radius 1 is 1.41 bits per heavy atom. The van der Waals surface area contributed by atoms with Crippen molar-refractivity contribution in [2.75, 3.05) is 6.61 Å². The standard InChI is InChI=1S/C24H28N2O5S/c1-13(2)30-24(28)19-12-32-23(26-19)21-7-6-17-18(20(27)9-22(17)31-21)11-29-16-5-4-15(10-25)14(3)8-16/h4-5,8,12-13,17-18,20-22,27H,6-7,9,11H2,1-3H3/t17-,18-,20-,21-,22+/m1/s1. The summed E-state index contributed by atoms with van der Waals surface area (Å²) in [6.07, 6.45) is 1.34. The van der Waals surface area contributed by atoms with Gasteiger partial charge in [0.2, 0.25) is 0 Å². The maximum absolute atomic E-state index is 12.1. The molecule has 1 aromatic carbocycles. The monoisotopic (exact) mass is 456 g/mol. The predicted octanol–water partition coefficient (Wildman–Crippen LogP) is 4.18. The molecule has 1 saturated heterocycles. The Kier molecular flexibility index (Phi) is 6.79. The number of ether oxygens (including phenoxy) is 3. The molecule has 1 N–H and O–H groups in total. The van der Waals surface area contributed by atoms with E-state index >= 15 is 0 Å². The average Bonchev–Trinajstić information content (AvgIpc) is 3.36. The molecule has 5 atom stereocenters. The van der Waals surface area contributed by atoms with Crippen LogP contribution in [0.4, 0.5) is 0 Å². The Bertz CT molecular complexity index is 1010. The van der Waals surface area contributed by atoms with Gasteiger partial charge in [0.25, 0.3) is 0 Å². The fourth-order valence-corrected chi connectivity index (χ4v) is 5.45. The van der Waals surface area contributed by atoms with E-state index in [1.807, 2.05) is 26.8 Å². The van der Waals surface area contributed by atoms with Crippen LogP contribution in [-0.4, -0.2) is 41.0 Å². The third kappa shape index (κ3) is 4.80. The van der Waals surface area contributed by atoms with Crippen LogP contribution in [0.15, 0.2) is 23.6 Å². The van der Waals surface area contributed by atoms with E-state index < -0.39 is 12.1 Å². The highest BCUT2D eigenvalue weighted by molar-refractivity contribution is 7.09. The van der Waals surface area contributed by atoms with Gasteiger partial charge < -0.3 is 19.3 Å². The van der Waals surface area contributed by atoms with Gasteiger partial charge in [-0.1, -0.05) is 0 Å². The highest BCUT2D eigenvalue weighted by Gasteiger charge is 2.47. The van der Waals surface area contributed by atoms with Crippen molar-refractivity contribution in [3.8, 4) is 11.8 Å². The van der Waals surface area contributed by atoms with Gasteiger partial charge in [0, 0.05) is 17.7 Å². The van der Waals surface area contributed by atoms with Crippen LogP contribution in [0, 0.1) is 30.1 Å². The molecule has 0 amide bonds. The van der Waals surface area contributed by atoms with Gasteiger partial charge in [-0.3, -0.25) is 0 Å². The second-order valence-corrected chi connectivity index (χ2v) is 9.69. The van der Waals surface area contributed by atoms with Gasteiger partial charge >= 0.3 is 5.97 Å². The third-order valence-electron chi connectivity index (χ3n) is 6.21. The van der Waals surface area contributed by atoms with Crippen LogP contribution in [0.1, 0.15) is 65.8 Å². The van der Waals surface area contributed by atoms with Crippen molar-refractivity contribution >= 4 is 17.3 Å². The lowest BCUT2D eigenvalue weighted by molar-refractivity contribution is -0.0812. The van der Waals surface area contributed by atoms with E-state index in [1.54, 1.807) is 17.5 Å². The van der Waals surface area contributed by atoms with E-state index in [9.17, 15) is 9.90 Å². The van der Waals surface area contributed by atoms with Gasteiger partial charge in [0.15, 0.2) is 5.69 Å². The number of aliphatic hydroxyl groups excluding tert-OH is 1. The SMILES string of the molecule is Cc1cc(OC[C@@H]2[C@H]3CC[C@H](c4nc(C(=O)OC(C)C)cs4)O[C@H]3C[C@H]2O)ccc1C#N. The van der Waals surface area contributed by atoms with Crippen LogP contribution in [0.2, 0.25) is 0 Å². The number of carbonyl (C=O) groups excluding carboxylic acids is 1. The summed E-state index contributed by atoms with van der Waals surface area (Å²) in [6.45, 7) is 5.91. The minimum Gasteiger partial charge on any atom is -0.493 e. The van der Waals surface area contributed by atoms with Crippen molar-refractivity contribution in [1.82, 2.24) is 4.98 Å². The molecule has 2 aliphatic rings. The first kappa shape index (κ1) is 22.7. The van der Waals surface area contributed by atoms with Crippen molar-refractivity contribution in [1.29, 1.82) is 5.26 Å². The number of rotatable bonds is 6. The normalized spacial score (nSPS) is 27.1. The zero-order chi connectivity index (χ0) is 22.8. The van der Waals surface area contributed by atoms with E-state index in [-0.39, 0.29) is 30.1 Å². The van der Waals surface area contributed by atoms with Crippen molar-refractivity contribution in [3.63, 3.8) is 0 Å². The van der Waals surface area contributed by atoms with Crippen LogP contribution in [-0.2, 0) is 9.47 Å². The zero-order valence-corrected chi connectivity index (χ0v) is 19.3. The molecule has 0 spiro atoms. The topological polar surface area (TPSA) is 102 Å². The molecule has 7 nitrogen and oxygen atoms in total. The number of nitriles is 1. The second-order valence-electron chi connectivity index (χ2n) is 8.80. The number of fused-ring (bicyclic) bond motifs is 1. The van der Waals surface area contributed by atoms with Gasteiger partial charge in [-0.2, -0.15) is 5.26 Å². The number of aryl methyl sites for hydroxylation is 1. The van der Waals surface area contributed by atoms with E-state index in [1.165, 1.54) is 11.3 Å². The third-order valence-corrected chi connectivity index (χ3v) is 7.14. The summed E-state index contributed by atoms with van der Waals surface area (Å²) < 4.78 is 17.5. The molecule has 1 aliphatic carbocycles. The van der Waals surface area contributed by atoms with Gasteiger partial charge in [-0.15, -0.1) is 11.3 Å². The molecule has 2 heterocycles. The van der Waals surface area contributed by atoms with Crippen LogP contribution < -0.4 is 4.74 Å². The summed E-state index contributed by atoms with van der Waals surface area (Å²) >= 11 is 1.41. The summed E-state index contributed by atoms with van der Waals surface area (Å²) in [4.78, 5) is 16.5. The van der Waals surface area contributed by atoms with E-state index in [0.29, 0.717) is 30.0 Å². The molecule has 4 rings (SSSR count). The first-order chi connectivity index (χ1) is 15.4. The molecule has 0 bridgehead atoms. The Morgan fingerprint density at radius 2 is 2.22 bits per heavy atom. The molecular formula is C24H28N2O5S. The second kappa shape index (κ2) is 9.57. The van der Waals surface area contributed by atoms with E-state index in [0.717, 1.165) is 23.4 Å². The van der Waals surface area contributed by atoms with Crippen LogP contribution in [0.25, 0.3) is 0 Å². The fourth-order valence-electron chi connectivity index (χ4n) is 4.59. The largest absolute Gasteiger partial charge is 0.493 e. The number of benzene rings is 1. The maximum Gasteiger partial charge on any atom is 0.358 e. The Hall–Kier alpha value is -2.47. The number of aliphatic hydroxyl groups is 1. The average molecular weight is 457 g/mol. The molecule has 2 aromatic rings. The lowest BCUT2D eigenvalue weighted by atomic mass is 9.87. The molecule has 2 fully saturated rings. The van der Waals surface area contributed by atoms with Gasteiger partial charge in [-0.05, 0) is 63.3 Å². The van der Waals surface area contributed by atoms with Gasteiger partial charge in [-0.25, -0.2) is 9.78 Å². The number of hydrogen-bond acceptors (Lipinski definition) is 8. The quantitative estimate of drug-likeness (QED) is 0.651. The summed E-state index contributed by atoms with van der Waals surface area (Å²) in [7, 11) is 0. The summed E-state index contributed by atoms with van der Waals surface area (Å²) in [6, 6.07) is 7.56. The summed E-state index contributed by atoms with van der Waals surface area (Å²) in [5.74, 6) is 0.494. The smallest absolute Gasteiger partial charge is 0.358 e. The molecular weight excluding hydrogens is 428 g/mol. The maximum atomic E-state index is 12.1. The Labute approximate surface area is 191 Å². The Morgan fingerprint density at radius 3 is 2.94 bits per heavy atom. The van der Waals surface area contributed by atoms with Gasteiger partial charge in [0.1, 0.15) is 16.9 Å². The fraction of sp³-hybridized carbons (Fsp3) is 0.542. The number of aromatic nitrogens is 1. The number of esters is 1. The lowest BCUT2D eigenvalue weighted by Gasteiger charge is -2.33.